The average molecular weight is 576 g/mol. The van der Waals surface area contributed by atoms with Crippen LogP contribution < -0.4 is 14.5 Å². The van der Waals surface area contributed by atoms with Crippen molar-refractivity contribution in [2.45, 2.75) is 32.3 Å². The lowest BCUT2D eigenvalue weighted by Crippen LogP contribution is -2.40. The Morgan fingerprint density at radius 2 is 1.52 bits per heavy atom. The number of halogens is 1. The summed E-state index contributed by atoms with van der Waals surface area (Å²) >= 11 is 6.18. The molecule has 4 aromatic carbocycles. The molecule has 0 saturated carbocycles. The first-order chi connectivity index (χ1) is 19.1. The van der Waals surface area contributed by atoms with Gasteiger partial charge in [0.15, 0.2) is 0 Å². The second-order valence-corrected chi connectivity index (χ2v) is 11.7. The maximum absolute atomic E-state index is 13.6. The summed E-state index contributed by atoms with van der Waals surface area (Å²) in [5.74, 6) is 0.0972. The molecule has 0 aliphatic heterocycles. The summed E-state index contributed by atoms with van der Waals surface area (Å²) in [6.45, 7) is 5.63. The normalized spacial score (nSPS) is 11.4. The number of carbonyl (C=O) groups excluding carboxylic acids is 1. The number of nitrogens with zero attached hydrogens (tertiary/aromatic N) is 2. The van der Waals surface area contributed by atoms with Gasteiger partial charge in [0.05, 0.1) is 16.8 Å². The molecule has 40 heavy (non-hydrogen) atoms. The van der Waals surface area contributed by atoms with Gasteiger partial charge in [0.1, 0.15) is 18.9 Å². The molecule has 0 radical (unpaired) electrons. The van der Waals surface area contributed by atoms with E-state index in [-0.39, 0.29) is 4.90 Å². The molecule has 1 N–H and O–H groups in total. The van der Waals surface area contributed by atoms with Gasteiger partial charge < -0.3 is 4.74 Å². The van der Waals surface area contributed by atoms with Crippen molar-refractivity contribution in [2.24, 2.45) is 5.10 Å². The first-order valence-corrected chi connectivity index (χ1v) is 14.4. The number of aryl methyl sites for hydroxylation is 3. The first-order valence-electron chi connectivity index (χ1n) is 12.6. The SMILES string of the molecule is Cc1ccc(COc2ccc(/C=N\NC(=O)CN(c3cc(Cl)ccc3C)S(=O)(=O)c3ccc(C)cc3)cc2)cc1. The standard InChI is InChI=1S/C31H30ClN3O4S/c1-22-4-9-26(10-5-22)21-39-28-14-11-25(12-15-28)19-33-34-31(36)20-35(30-18-27(32)13-8-24(30)3)40(37,38)29-16-6-23(2)7-17-29/h4-19H,20-21H2,1-3H3,(H,34,36)/b33-19-. The smallest absolute Gasteiger partial charge is 0.264 e. The highest BCUT2D eigenvalue weighted by Crippen LogP contribution is 2.29. The molecule has 0 atom stereocenters. The van der Waals surface area contributed by atoms with Crippen LogP contribution in [0.5, 0.6) is 5.75 Å². The average Bonchev–Trinajstić information content (AvgIpc) is 2.94. The third-order valence-electron chi connectivity index (χ3n) is 6.15. The van der Waals surface area contributed by atoms with Gasteiger partial charge in [0.2, 0.25) is 0 Å². The van der Waals surface area contributed by atoms with Crippen molar-refractivity contribution >= 4 is 39.4 Å². The van der Waals surface area contributed by atoms with Crippen LogP contribution in [-0.2, 0) is 21.4 Å². The summed E-state index contributed by atoms with van der Waals surface area (Å²) in [7, 11) is -4.07. The molecule has 7 nitrogen and oxygen atoms in total. The molecule has 0 aliphatic carbocycles. The number of rotatable bonds is 10. The second-order valence-electron chi connectivity index (χ2n) is 9.39. The number of hydrogen-bond donors (Lipinski definition) is 1. The molecule has 4 aromatic rings. The number of anilines is 1. The number of amides is 1. The van der Waals surface area contributed by atoms with Gasteiger partial charge in [-0.05, 0) is 86.0 Å². The zero-order chi connectivity index (χ0) is 28.7. The third kappa shape index (κ3) is 7.49. The third-order valence-corrected chi connectivity index (χ3v) is 8.15. The van der Waals surface area contributed by atoms with E-state index in [2.05, 4.69) is 10.5 Å². The Hall–Kier alpha value is -4.14. The van der Waals surface area contributed by atoms with Gasteiger partial charge >= 0.3 is 0 Å². The Labute approximate surface area is 240 Å². The van der Waals surface area contributed by atoms with Crippen LogP contribution in [0, 0.1) is 20.8 Å². The Bertz CT molecular complexity index is 1600. The predicted octanol–water partition coefficient (Wildman–Crippen LogP) is 6.19. The summed E-state index contributed by atoms with van der Waals surface area (Å²) in [6, 6.07) is 26.7. The van der Waals surface area contributed by atoms with Gasteiger partial charge in [0.25, 0.3) is 15.9 Å². The Kier molecular flexibility index (Phi) is 9.24. The van der Waals surface area contributed by atoms with E-state index >= 15 is 0 Å². The van der Waals surface area contributed by atoms with Crippen LogP contribution in [0.1, 0.15) is 27.8 Å². The van der Waals surface area contributed by atoms with Crippen molar-refractivity contribution in [1.29, 1.82) is 0 Å². The van der Waals surface area contributed by atoms with E-state index in [0.29, 0.717) is 28.6 Å². The molecule has 0 aliphatic rings. The molecule has 4 rings (SSSR count). The van der Waals surface area contributed by atoms with Gasteiger partial charge in [-0.15, -0.1) is 0 Å². The Balaban J connectivity index is 1.43. The highest BCUT2D eigenvalue weighted by molar-refractivity contribution is 7.92. The number of hydrogen-bond acceptors (Lipinski definition) is 5. The van der Waals surface area contributed by atoms with E-state index < -0.39 is 22.5 Å². The fraction of sp³-hybridized carbons (Fsp3) is 0.161. The molecule has 0 bridgehead atoms. The van der Waals surface area contributed by atoms with Crippen LogP contribution in [0.3, 0.4) is 0 Å². The minimum Gasteiger partial charge on any atom is -0.489 e. The summed E-state index contributed by atoms with van der Waals surface area (Å²) in [5.41, 5.74) is 7.31. The number of hydrazone groups is 1. The highest BCUT2D eigenvalue weighted by atomic mass is 35.5. The van der Waals surface area contributed by atoms with Gasteiger partial charge in [-0.25, -0.2) is 13.8 Å². The lowest BCUT2D eigenvalue weighted by Gasteiger charge is -2.25. The van der Waals surface area contributed by atoms with E-state index in [1.165, 1.54) is 30.0 Å². The summed E-state index contributed by atoms with van der Waals surface area (Å²) in [4.78, 5) is 12.9. The molecule has 0 unspecified atom stereocenters. The number of benzene rings is 4. The quantitative estimate of drug-likeness (QED) is 0.180. The van der Waals surface area contributed by atoms with Crippen molar-refractivity contribution in [3.63, 3.8) is 0 Å². The van der Waals surface area contributed by atoms with Crippen LogP contribution in [0.2, 0.25) is 5.02 Å². The van der Waals surface area contributed by atoms with E-state index in [0.717, 1.165) is 21.0 Å². The topological polar surface area (TPSA) is 88.1 Å². The zero-order valence-corrected chi connectivity index (χ0v) is 24.0. The Morgan fingerprint density at radius 1 is 0.900 bits per heavy atom. The lowest BCUT2D eigenvalue weighted by atomic mass is 10.2. The fourth-order valence-corrected chi connectivity index (χ4v) is 5.48. The maximum atomic E-state index is 13.6. The van der Waals surface area contributed by atoms with Crippen molar-refractivity contribution in [1.82, 2.24) is 5.43 Å². The van der Waals surface area contributed by atoms with Crippen molar-refractivity contribution in [3.8, 4) is 5.75 Å². The monoisotopic (exact) mass is 575 g/mol. The number of carbonyl (C=O) groups is 1. The Morgan fingerprint density at radius 3 is 2.17 bits per heavy atom. The van der Waals surface area contributed by atoms with Crippen molar-refractivity contribution in [3.05, 3.63) is 124 Å². The molecule has 0 saturated heterocycles. The van der Waals surface area contributed by atoms with Crippen LogP contribution in [0.4, 0.5) is 5.69 Å². The number of nitrogens with one attached hydrogen (secondary N) is 1. The minimum atomic E-state index is -4.07. The van der Waals surface area contributed by atoms with E-state index in [1.54, 1.807) is 31.2 Å². The van der Waals surface area contributed by atoms with Gasteiger partial charge in [-0.1, -0.05) is 65.2 Å². The molecule has 9 heteroatoms. The van der Waals surface area contributed by atoms with Crippen LogP contribution in [0.15, 0.2) is 101 Å². The first kappa shape index (κ1) is 28.9. The minimum absolute atomic E-state index is 0.0680. The summed E-state index contributed by atoms with van der Waals surface area (Å²) in [5, 5.41) is 4.37. The molecule has 206 valence electrons. The summed E-state index contributed by atoms with van der Waals surface area (Å²) < 4.78 is 34.0. The summed E-state index contributed by atoms with van der Waals surface area (Å²) in [6.07, 6.45) is 1.48. The molecular weight excluding hydrogens is 546 g/mol. The maximum Gasteiger partial charge on any atom is 0.264 e. The van der Waals surface area contributed by atoms with Crippen molar-refractivity contribution in [2.75, 3.05) is 10.8 Å². The van der Waals surface area contributed by atoms with Gasteiger partial charge in [-0.3, -0.25) is 9.10 Å². The van der Waals surface area contributed by atoms with Crippen LogP contribution in [-0.4, -0.2) is 27.1 Å². The largest absolute Gasteiger partial charge is 0.489 e. The van der Waals surface area contributed by atoms with Crippen LogP contribution >= 0.6 is 11.6 Å². The highest BCUT2D eigenvalue weighted by Gasteiger charge is 2.28. The molecule has 0 heterocycles. The predicted molar refractivity (Wildman–Crippen MR) is 160 cm³/mol. The number of sulfonamides is 1. The molecule has 1 amide bonds. The molecule has 0 fully saturated rings. The fourth-order valence-electron chi connectivity index (χ4n) is 3.83. The van der Waals surface area contributed by atoms with Crippen LogP contribution in [0.25, 0.3) is 0 Å². The molecule has 0 spiro atoms. The molecule has 0 aromatic heterocycles. The van der Waals surface area contributed by atoms with E-state index in [9.17, 15) is 13.2 Å². The number of ether oxygens (including phenoxy) is 1. The zero-order valence-electron chi connectivity index (χ0n) is 22.5. The van der Waals surface area contributed by atoms with E-state index in [4.69, 9.17) is 16.3 Å². The van der Waals surface area contributed by atoms with Gasteiger partial charge in [-0.2, -0.15) is 5.10 Å². The lowest BCUT2D eigenvalue weighted by molar-refractivity contribution is -0.119. The van der Waals surface area contributed by atoms with E-state index in [1.807, 2.05) is 62.4 Å². The van der Waals surface area contributed by atoms with Gasteiger partial charge in [0, 0.05) is 5.02 Å². The molecular formula is C31H30ClN3O4S. The second kappa shape index (κ2) is 12.8. The van der Waals surface area contributed by atoms with Crippen molar-refractivity contribution < 1.29 is 17.9 Å².